The van der Waals surface area contributed by atoms with Crippen LogP contribution in [0.15, 0.2) is 60.8 Å². The van der Waals surface area contributed by atoms with E-state index in [2.05, 4.69) is 22.1 Å². The monoisotopic (exact) mass is 481 g/mol. The second kappa shape index (κ2) is 12.2. The topological polar surface area (TPSA) is 48.8 Å². The lowest BCUT2D eigenvalue weighted by atomic mass is 9.95. The quantitative estimate of drug-likeness (QED) is 0.350. The van der Waals surface area contributed by atoms with E-state index >= 15 is 0 Å². The van der Waals surface area contributed by atoms with E-state index in [1.54, 1.807) is 25.3 Å². The van der Waals surface area contributed by atoms with Crippen LogP contribution < -0.4 is 9.47 Å². The summed E-state index contributed by atoms with van der Waals surface area (Å²) < 4.78 is 33.5. The SMILES string of the molecule is COC1(COc2ccccc2F)CCCN(Cc2ccc(OCCCn3ccc(C)n3)cc2)CC1. The Bertz CT molecular complexity index is 1060. The standard InChI is InChI=1S/C28H36FN3O3/c1-23-13-18-32(30-23)17-6-20-34-25-11-9-24(10-12-25)21-31-16-5-14-28(33-2,15-19-31)22-35-27-8-4-3-7-26(27)29/h3-4,7-13,18H,5-6,14-17,19-22H2,1-2H3. The summed E-state index contributed by atoms with van der Waals surface area (Å²) in [5.74, 6) is 0.836. The predicted octanol–water partition coefficient (Wildman–Crippen LogP) is 5.25. The van der Waals surface area contributed by atoms with Crippen LogP contribution in [0.5, 0.6) is 11.5 Å². The number of likely N-dealkylation sites (tertiary alicyclic amines) is 1. The number of ether oxygens (including phenoxy) is 3. The zero-order valence-corrected chi connectivity index (χ0v) is 20.8. The van der Waals surface area contributed by atoms with Gasteiger partial charge in [0, 0.05) is 39.4 Å². The first-order valence-electron chi connectivity index (χ1n) is 12.4. The first kappa shape index (κ1) is 25.2. The lowest BCUT2D eigenvalue weighted by Crippen LogP contribution is -2.39. The van der Waals surface area contributed by atoms with Crippen LogP contribution in [0.25, 0.3) is 0 Å². The van der Waals surface area contributed by atoms with Gasteiger partial charge in [-0.1, -0.05) is 24.3 Å². The third-order valence-corrected chi connectivity index (χ3v) is 6.65. The second-order valence-corrected chi connectivity index (χ2v) is 9.30. The van der Waals surface area contributed by atoms with E-state index in [1.807, 2.05) is 36.0 Å². The van der Waals surface area contributed by atoms with E-state index in [1.165, 1.54) is 11.6 Å². The van der Waals surface area contributed by atoms with E-state index in [-0.39, 0.29) is 11.6 Å². The van der Waals surface area contributed by atoms with Gasteiger partial charge in [-0.15, -0.1) is 0 Å². The maximum Gasteiger partial charge on any atom is 0.165 e. The Kier molecular flexibility index (Phi) is 8.77. The average Bonchev–Trinajstić information content (AvgIpc) is 3.18. The van der Waals surface area contributed by atoms with Gasteiger partial charge in [0.1, 0.15) is 18.0 Å². The molecule has 1 aliphatic rings. The molecule has 1 saturated heterocycles. The Morgan fingerprint density at radius 1 is 1.00 bits per heavy atom. The van der Waals surface area contributed by atoms with Crippen molar-refractivity contribution in [1.82, 2.24) is 14.7 Å². The largest absolute Gasteiger partial charge is 0.494 e. The molecule has 188 valence electrons. The average molecular weight is 482 g/mol. The second-order valence-electron chi connectivity index (χ2n) is 9.30. The third kappa shape index (κ3) is 7.29. The van der Waals surface area contributed by atoms with Crippen molar-refractivity contribution < 1.29 is 18.6 Å². The number of hydrogen-bond acceptors (Lipinski definition) is 5. The van der Waals surface area contributed by atoms with Crippen LogP contribution in [0.1, 0.15) is 36.9 Å². The van der Waals surface area contributed by atoms with Gasteiger partial charge in [0.15, 0.2) is 11.6 Å². The van der Waals surface area contributed by atoms with Gasteiger partial charge in [-0.25, -0.2) is 4.39 Å². The van der Waals surface area contributed by atoms with Crippen LogP contribution in [0.4, 0.5) is 4.39 Å². The fourth-order valence-corrected chi connectivity index (χ4v) is 4.51. The van der Waals surface area contributed by atoms with Crippen molar-refractivity contribution in [3.8, 4) is 11.5 Å². The Morgan fingerprint density at radius 3 is 2.57 bits per heavy atom. The number of halogens is 1. The smallest absolute Gasteiger partial charge is 0.165 e. The number of rotatable bonds is 11. The van der Waals surface area contributed by atoms with Crippen molar-refractivity contribution in [2.24, 2.45) is 0 Å². The van der Waals surface area contributed by atoms with Gasteiger partial charge in [-0.3, -0.25) is 9.58 Å². The predicted molar refractivity (Wildman–Crippen MR) is 134 cm³/mol. The van der Waals surface area contributed by atoms with Crippen molar-refractivity contribution in [3.05, 3.63) is 77.9 Å². The Hall–Kier alpha value is -2.90. The molecule has 0 saturated carbocycles. The van der Waals surface area contributed by atoms with Crippen molar-refractivity contribution in [1.29, 1.82) is 0 Å². The summed E-state index contributed by atoms with van der Waals surface area (Å²) in [6.45, 7) is 6.65. The summed E-state index contributed by atoms with van der Waals surface area (Å²) in [4.78, 5) is 2.45. The molecule has 3 aromatic rings. The molecule has 4 rings (SSSR count). The maximum absolute atomic E-state index is 14.0. The van der Waals surface area contributed by atoms with Crippen LogP contribution in [0.3, 0.4) is 0 Å². The molecule has 1 aromatic heterocycles. The molecule has 1 atom stereocenters. The minimum atomic E-state index is -0.399. The number of nitrogens with zero attached hydrogens (tertiary/aromatic N) is 3. The lowest BCUT2D eigenvalue weighted by molar-refractivity contribution is -0.0548. The Balaban J connectivity index is 1.22. The van der Waals surface area contributed by atoms with Gasteiger partial charge in [0.05, 0.1) is 12.3 Å². The lowest BCUT2D eigenvalue weighted by Gasteiger charge is -2.31. The van der Waals surface area contributed by atoms with Gasteiger partial charge in [0.2, 0.25) is 0 Å². The fourth-order valence-electron chi connectivity index (χ4n) is 4.51. The van der Waals surface area contributed by atoms with Gasteiger partial charge < -0.3 is 14.2 Å². The molecule has 2 heterocycles. The number of methoxy groups -OCH3 is 1. The summed E-state index contributed by atoms with van der Waals surface area (Å²) in [7, 11) is 1.73. The molecule has 1 fully saturated rings. The van der Waals surface area contributed by atoms with Crippen molar-refractivity contribution in [2.75, 3.05) is 33.4 Å². The van der Waals surface area contributed by atoms with E-state index in [0.29, 0.717) is 13.2 Å². The minimum Gasteiger partial charge on any atom is -0.494 e. The highest BCUT2D eigenvalue weighted by Crippen LogP contribution is 2.29. The highest BCUT2D eigenvalue weighted by atomic mass is 19.1. The first-order chi connectivity index (χ1) is 17.0. The molecular weight excluding hydrogens is 445 g/mol. The maximum atomic E-state index is 14.0. The number of hydrogen-bond donors (Lipinski definition) is 0. The van der Waals surface area contributed by atoms with E-state index in [9.17, 15) is 4.39 Å². The van der Waals surface area contributed by atoms with Crippen LogP contribution >= 0.6 is 0 Å². The van der Waals surface area contributed by atoms with Crippen molar-refractivity contribution in [2.45, 2.75) is 51.3 Å². The molecule has 0 amide bonds. The summed E-state index contributed by atoms with van der Waals surface area (Å²) in [5.41, 5.74) is 1.90. The van der Waals surface area contributed by atoms with Gasteiger partial charge in [-0.05, 0) is 68.6 Å². The third-order valence-electron chi connectivity index (χ3n) is 6.65. The van der Waals surface area contributed by atoms with Crippen LogP contribution in [0.2, 0.25) is 0 Å². The van der Waals surface area contributed by atoms with Crippen LogP contribution in [0, 0.1) is 12.7 Å². The molecular formula is C28H36FN3O3. The summed E-state index contributed by atoms with van der Waals surface area (Å²) in [6, 6.07) is 16.9. The number of para-hydroxylation sites is 1. The van der Waals surface area contributed by atoms with Gasteiger partial charge in [0.25, 0.3) is 0 Å². The molecule has 1 unspecified atom stereocenters. The van der Waals surface area contributed by atoms with Crippen LogP contribution in [-0.4, -0.2) is 53.7 Å². The number of aryl methyl sites for hydroxylation is 2. The molecule has 6 nitrogen and oxygen atoms in total. The van der Waals surface area contributed by atoms with E-state index < -0.39 is 5.60 Å². The Morgan fingerprint density at radius 2 is 1.83 bits per heavy atom. The molecule has 0 aliphatic carbocycles. The van der Waals surface area contributed by atoms with Gasteiger partial charge >= 0.3 is 0 Å². The highest BCUT2D eigenvalue weighted by molar-refractivity contribution is 5.27. The zero-order valence-electron chi connectivity index (χ0n) is 20.8. The first-order valence-corrected chi connectivity index (χ1v) is 12.4. The summed E-state index contributed by atoms with van der Waals surface area (Å²) in [6.07, 6.45) is 5.65. The molecule has 1 aliphatic heterocycles. The van der Waals surface area contributed by atoms with Crippen molar-refractivity contribution >= 4 is 0 Å². The van der Waals surface area contributed by atoms with Crippen molar-refractivity contribution in [3.63, 3.8) is 0 Å². The summed E-state index contributed by atoms with van der Waals surface area (Å²) in [5, 5.41) is 4.40. The molecule has 7 heteroatoms. The minimum absolute atomic E-state index is 0.281. The van der Waals surface area contributed by atoms with Gasteiger partial charge in [-0.2, -0.15) is 5.10 Å². The summed E-state index contributed by atoms with van der Waals surface area (Å²) >= 11 is 0. The molecule has 35 heavy (non-hydrogen) atoms. The normalized spacial score (nSPS) is 18.8. The zero-order chi connectivity index (χ0) is 24.5. The van der Waals surface area contributed by atoms with E-state index in [0.717, 1.165) is 63.3 Å². The highest BCUT2D eigenvalue weighted by Gasteiger charge is 2.34. The van der Waals surface area contributed by atoms with E-state index in [4.69, 9.17) is 14.2 Å². The molecule has 2 aromatic carbocycles. The number of benzene rings is 2. The molecule has 0 radical (unpaired) electrons. The molecule has 0 N–H and O–H groups in total. The molecule has 0 spiro atoms. The Labute approximate surface area is 207 Å². The fraction of sp³-hybridized carbons (Fsp3) is 0.464. The number of aromatic nitrogens is 2. The molecule has 0 bridgehead atoms. The van der Waals surface area contributed by atoms with Crippen LogP contribution in [-0.2, 0) is 17.8 Å².